The van der Waals surface area contributed by atoms with Crippen LogP contribution >= 0.6 is 0 Å². The average Bonchev–Trinajstić information content (AvgIpc) is 2.69. The highest BCUT2D eigenvalue weighted by Gasteiger charge is 2.32. The number of sulfonamides is 1. The third kappa shape index (κ3) is 4.71. The quantitative estimate of drug-likeness (QED) is 0.819. The van der Waals surface area contributed by atoms with E-state index in [1.807, 2.05) is 24.3 Å². The average molecular weight is 389 g/mol. The van der Waals surface area contributed by atoms with E-state index in [9.17, 15) is 13.2 Å². The van der Waals surface area contributed by atoms with Gasteiger partial charge in [-0.15, -0.1) is 0 Å². The largest absolute Gasteiger partial charge is 0.380 e. The van der Waals surface area contributed by atoms with Crippen LogP contribution in [0.1, 0.15) is 18.4 Å². The fourth-order valence-electron chi connectivity index (χ4n) is 3.16. The summed E-state index contributed by atoms with van der Waals surface area (Å²) < 4.78 is 31.8. The molecular weight excluding hydrogens is 366 g/mol. The first kappa shape index (κ1) is 19.5. The minimum atomic E-state index is -3.56. The third-order valence-corrected chi connectivity index (χ3v) is 6.48. The Balaban J connectivity index is 1.59. The highest BCUT2D eigenvalue weighted by molar-refractivity contribution is 7.89. The third-order valence-electron chi connectivity index (χ3n) is 4.60. The molecule has 1 aliphatic heterocycles. The number of nitrogens with one attached hydrogen (secondary N) is 1. The lowest BCUT2D eigenvalue weighted by Crippen LogP contribution is -2.41. The minimum Gasteiger partial charge on any atom is -0.380 e. The van der Waals surface area contributed by atoms with Crippen LogP contribution in [0.15, 0.2) is 53.7 Å². The van der Waals surface area contributed by atoms with Gasteiger partial charge in [0.1, 0.15) is 4.90 Å². The standard InChI is InChI=1S/C19H23N3O4S/c1-26-14-15-4-2-5-17(12-15)21-19(23)16-7-10-22(11-8-16)27(24,25)18-6-3-9-20-13-18/h2-6,9,12-13,16H,7-8,10-11,14H2,1H3,(H,21,23). The van der Waals surface area contributed by atoms with Crippen LogP contribution in [0.2, 0.25) is 0 Å². The summed E-state index contributed by atoms with van der Waals surface area (Å²) in [5.74, 6) is -0.292. The van der Waals surface area contributed by atoms with E-state index in [1.54, 1.807) is 13.2 Å². The van der Waals surface area contributed by atoms with Gasteiger partial charge in [-0.1, -0.05) is 12.1 Å². The Morgan fingerprint density at radius 2 is 2.04 bits per heavy atom. The fraction of sp³-hybridized carbons (Fsp3) is 0.368. The van der Waals surface area contributed by atoms with Gasteiger partial charge < -0.3 is 10.1 Å². The van der Waals surface area contributed by atoms with Gasteiger partial charge in [-0.05, 0) is 42.7 Å². The highest BCUT2D eigenvalue weighted by atomic mass is 32.2. The smallest absolute Gasteiger partial charge is 0.244 e. The van der Waals surface area contributed by atoms with Gasteiger partial charge in [0.05, 0.1) is 6.61 Å². The van der Waals surface area contributed by atoms with Crippen LogP contribution in [0, 0.1) is 5.92 Å². The molecule has 1 amide bonds. The van der Waals surface area contributed by atoms with Crippen molar-refractivity contribution in [3.63, 3.8) is 0 Å². The number of hydrogen-bond donors (Lipinski definition) is 1. The number of carbonyl (C=O) groups is 1. The van der Waals surface area contributed by atoms with Crippen molar-refractivity contribution >= 4 is 21.6 Å². The van der Waals surface area contributed by atoms with E-state index in [1.165, 1.54) is 22.8 Å². The molecule has 2 aromatic rings. The van der Waals surface area contributed by atoms with Crippen molar-refractivity contribution in [2.75, 3.05) is 25.5 Å². The van der Waals surface area contributed by atoms with Gasteiger partial charge in [0, 0.05) is 44.2 Å². The van der Waals surface area contributed by atoms with Gasteiger partial charge in [-0.3, -0.25) is 9.78 Å². The predicted molar refractivity (Wildman–Crippen MR) is 102 cm³/mol. The summed E-state index contributed by atoms with van der Waals surface area (Å²) in [5, 5.41) is 2.92. The monoisotopic (exact) mass is 389 g/mol. The lowest BCUT2D eigenvalue weighted by Gasteiger charge is -2.30. The first-order valence-corrected chi connectivity index (χ1v) is 10.2. The highest BCUT2D eigenvalue weighted by Crippen LogP contribution is 2.24. The van der Waals surface area contributed by atoms with Gasteiger partial charge >= 0.3 is 0 Å². The molecule has 8 heteroatoms. The number of rotatable bonds is 6. The van der Waals surface area contributed by atoms with Gasteiger partial charge in [0.15, 0.2) is 0 Å². The molecule has 0 aliphatic carbocycles. The number of piperidine rings is 1. The molecule has 0 saturated carbocycles. The minimum absolute atomic E-state index is 0.0806. The molecule has 1 N–H and O–H groups in total. The molecule has 0 unspecified atom stereocenters. The van der Waals surface area contributed by atoms with Crippen LogP contribution in [-0.4, -0.2) is 43.8 Å². The zero-order valence-corrected chi connectivity index (χ0v) is 16.0. The van der Waals surface area contributed by atoms with Crippen LogP contribution in [-0.2, 0) is 26.2 Å². The van der Waals surface area contributed by atoms with Crippen LogP contribution in [0.25, 0.3) is 0 Å². The van der Waals surface area contributed by atoms with Crippen molar-refractivity contribution in [1.29, 1.82) is 0 Å². The van der Waals surface area contributed by atoms with Crippen LogP contribution in [0.4, 0.5) is 5.69 Å². The van der Waals surface area contributed by atoms with Crippen LogP contribution in [0.5, 0.6) is 0 Å². The Bertz CT molecular complexity index is 879. The number of pyridine rings is 1. The normalized spacial score (nSPS) is 16.2. The molecule has 0 bridgehead atoms. The molecule has 1 aromatic heterocycles. The number of nitrogens with zero attached hydrogens (tertiary/aromatic N) is 2. The second-order valence-corrected chi connectivity index (χ2v) is 8.43. The number of anilines is 1. The summed E-state index contributed by atoms with van der Waals surface area (Å²) in [7, 11) is -1.93. The molecule has 1 saturated heterocycles. The summed E-state index contributed by atoms with van der Waals surface area (Å²) in [6.07, 6.45) is 3.87. The van der Waals surface area contributed by atoms with E-state index in [0.29, 0.717) is 32.5 Å². The molecule has 0 spiro atoms. The van der Waals surface area contributed by atoms with Gasteiger partial charge in [-0.25, -0.2) is 8.42 Å². The Kier molecular flexibility index (Phi) is 6.20. The zero-order valence-electron chi connectivity index (χ0n) is 15.2. The second kappa shape index (κ2) is 8.60. The van der Waals surface area contributed by atoms with E-state index in [4.69, 9.17) is 4.74 Å². The van der Waals surface area contributed by atoms with Crippen LogP contribution < -0.4 is 5.32 Å². The van der Waals surface area contributed by atoms with E-state index in [2.05, 4.69) is 10.3 Å². The van der Waals surface area contributed by atoms with E-state index in [0.717, 1.165) is 11.3 Å². The lowest BCUT2D eigenvalue weighted by molar-refractivity contribution is -0.120. The maximum Gasteiger partial charge on any atom is 0.244 e. The van der Waals surface area contributed by atoms with E-state index < -0.39 is 10.0 Å². The van der Waals surface area contributed by atoms with Crippen molar-refractivity contribution in [1.82, 2.24) is 9.29 Å². The molecule has 1 aliphatic rings. The Morgan fingerprint density at radius 3 is 2.70 bits per heavy atom. The van der Waals surface area contributed by atoms with Crippen molar-refractivity contribution in [3.8, 4) is 0 Å². The van der Waals surface area contributed by atoms with Crippen molar-refractivity contribution in [2.45, 2.75) is 24.3 Å². The number of amides is 1. The van der Waals surface area contributed by atoms with Crippen molar-refractivity contribution in [2.24, 2.45) is 5.92 Å². The van der Waals surface area contributed by atoms with Crippen molar-refractivity contribution < 1.29 is 17.9 Å². The first-order valence-electron chi connectivity index (χ1n) is 8.79. The van der Waals surface area contributed by atoms with Gasteiger partial charge in [-0.2, -0.15) is 4.31 Å². The fourth-order valence-corrected chi connectivity index (χ4v) is 4.59. The number of ether oxygens (including phenoxy) is 1. The summed E-state index contributed by atoms with van der Waals surface area (Å²) in [6.45, 7) is 1.12. The predicted octanol–water partition coefficient (Wildman–Crippen LogP) is 2.27. The number of aromatic nitrogens is 1. The summed E-state index contributed by atoms with van der Waals surface area (Å²) in [5.41, 5.74) is 1.70. The summed E-state index contributed by atoms with van der Waals surface area (Å²) in [6, 6.07) is 10.6. The summed E-state index contributed by atoms with van der Waals surface area (Å²) >= 11 is 0. The molecule has 1 fully saturated rings. The summed E-state index contributed by atoms with van der Waals surface area (Å²) in [4.78, 5) is 16.6. The number of methoxy groups -OCH3 is 1. The molecule has 3 rings (SSSR count). The maximum atomic E-state index is 12.6. The first-order chi connectivity index (χ1) is 13.0. The van der Waals surface area contributed by atoms with Gasteiger partial charge in [0.2, 0.25) is 15.9 Å². The molecule has 144 valence electrons. The maximum absolute atomic E-state index is 12.6. The number of benzene rings is 1. The van der Waals surface area contributed by atoms with E-state index >= 15 is 0 Å². The molecule has 1 aromatic carbocycles. The lowest BCUT2D eigenvalue weighted by atomic mass is 9.97. The van der Waals surface area contributed by atoms with E-state index in [-0.39, 0.29) is 16.7 Å². The molecular formula is C19H23N3O4S. The molecule has 27 heavy (non-hydrogen) atoms. The topological polar surface area (TPSA) is 88.6 Å². The molecule has 0 atom stereocenters. The molecule has 0 radical (unpaired) electrons. The number of hydrogen-bond acceptors (Lipinski definition) is 5. The van der Waals surface area contributed by atoms with Crippen molar-refractivity contribution in [3.05, 3.63) is 54.4 Å². The molecule has 2 heterocycles. The number of carbonyl (C=O) groups excluding carboxylic acids is 1. The Hall–Kier alpha value is -2.29. The second-order valence-electron chi connectivity index (χ2n) is 6.49. The van der Waals surface area contributed by atoms with Gasteiger partial charge in [0.25, 0.3) is 0 Å². The SMILES string of the molecule is COCc1cccc(NC(=O)C2CCN(S(=O)(=O)c3cccnc3)CC2)c1. The Labute approximate surface area is 159 Å². The Morgan fingerprint density at radius 1 is 1.26 bits per heavy atom. The van der Waals surface area contributed by atoms with Crippen LogP contribution in [0.3, 0.4) is 0 Å². The zero-order chi connectivity index (χ0) is 19.3. The molecule has 7 nitrogen and oxygen atoms in total.